The van der Waals surface area contributed by atoms with E-state index >= 15 is 4.39 Å². The number of anilines is 1. The Morgan fingerprint density at radius 1 is 1.29 bits per heavy atom. The zero-order valence-electron chi connectivity index (χ0n) is 18.2. The molecule has 1 fully saturated rings. The molecule has 2 aromatic rings. The maximum Gasteiger partial charge on any atom is 0.341 e. The molecule has 1 heterocycles. The van der Waals surface area contributed by atoms with E-state index in [0.29, 0.717) is 38.3 Å². The molecule has 1 atom stereocenters. The van der Waals surface area contributed by atoms with E-state index in [0.717, 1.165) is 6.20 Å². The van der Waals surface area contributed by atoms with Crippen molar-refractivity contribution in [2.75, 3.05) is 11.9 Å². The van der Waals surface area contributed by atoms with Gasteiger partial charge in [0.05, 0.1) is 10.3 Å². The van der Waals surface area contributed by atoms with E-state index in [2.05, 4.69) is 10.6 Å². The Hall–Kier alpha value is -4.03. The van der Waals surface area contributed by atoms with Gasteiger partial charge in [0.25, 0.3) is 0 Å². The number of halogens is 1. The highest BCUT2D eigenvalue weighted by Crippen LogP contribution is 2.42. The van der Waals surface area contributed by atoms with Gasteiger partial charge in [-0.05, 0) is 38.2 Å². The van der Waals surface area contributed by atoms with Crippen LogP contribution < -0.4 is 16.1 Å². The Morgan fingerprint density at radius 2 is 1.97 bits per heavy atom. The highest BCUT2D eigenvalue weighted by atomic mass is 19.1. The lowest BCUT2D eigenvalue weighted by Crippen LogP contribution is -2.31. The lowest BCUT2D eigenvalue weighted by atomic mass is 10.1. The van der Waals surface area contributed by atoms with Crippen LogP contribution in [0.5, 0.6) is 0 Å². The first-order valence-electron chi connectivity index (χ1n) is 10.6. The minimum Gasteiger partial charge on any atom is -0.480 e. The van der Waals surface area contributed by atoms with Gasteiger partial charge in [0.1, 0.15) is 17.1 Å². The summed E-state index contributed by atoms with van der Waals surface area (Å²) >= 11 is 0. The average molecular weight is 478 g/mol. The lowest BCUT2D eigenvalue weighted by Gasteiger charge is -2.19. The first kappa shape index (κ1) is 24.6. The number of nitrogens with zero attached hydrogens (tertiary/aromatic N) is 2. The number of rotatable bonds is 11. The molecule has 3 rings (SSSR count). The summed E-state index contributed by atoms with van der Waals surface area (Å²) in [7, 11) is 0. The second kappa shape index (κ2) is 9.85. The summed E-state index contributed by atoms with van der Waals surface area (Å²) in [5, 5.41) is 35.4. The highest BCUT2D eigenvalue weighted by Gasteiger charge is 2.34. The van der Waals surface area contributed by atoms with E-state index < -0.39 is 56.5 Å². The van der Waals surface area contributed by atoms with E-state index in [9.17, 15) is 39.5 Å². The molecule has 0 saturated heterocycles. The molecule has 1 amide bonds. The number of hydrogen-bond donors (Lipinski definition) is 4. The van der Waals surface area contributed by atoms with E-state index in [4.69, 9.17) is 0 Å². The Kier molecular flexibility index (Phi) is 7.13. The molecule has 0 spiro atoms. The molecule has 1 aromatic carbocycles. The first-order chi connectivity index (χ1) is 16.0. The van der Waals surface area contributed by atoms with Gasteiger partial charge in [-0.25, -0.2) is 14.0 Å². The van der Waals surface area contributed by atoms with Gasteiger partial charge in [-0.15, -0.1) is 0 Å². The minimum atomic E-state index is -1.54. The molecule has 12 nitrogen and oxygen atoms in total. The number of aromatic carboxylic acids is 1. The van der Waals surface area contributed by atoms with Gasteiger partial charge in [0.15, 0.2) is 11.5 Å². The van der Waals surface area contributed by atoms with Gasteiger partial charge < -0.3 is 25.4 Å². The van der Waals surface area contributed by atoms with Crippen LogP contribution in [0.15, 0.2) is 17.1 Å². The van der Waals surface area contributed by atoms with Crippen LogP contribution in [0.25, 0.3) is 10.9 Å². The van der Waals surface area contributed by atoms with Gasteiger partial charge in [0.2, 0.25) is 11.3 Å². The first-order valence-corrected chi connectivity index (χ1v) is 10.6. The zero-order chi connectivity index (χ0) is 25.2. The number of benzene rings is 1. The number of carboxylic acids is 2. The van der Waals surface area contributed by atoms with Crippen molar-refractivity contribution in [2.45, 2.75) is 51.1 Å². The molecule has 1 aromatic heterocycles. The molecule has 182 valence electrons. The van der Waals surface area contributed by atoms with Crippen LogP contribution in [-0.4, -0.2) is 50.1 Å². The normalized spacial score (nSPS) is 13.9. The minimum absolute atomic E-state index is 0.0169. The molecular weight excluding hydrogens is 455 g/mol. The van der Waals surface area contributed by atoms with Crippen molar-refractivity contribution in [1.29, 1.82) is 0 Å². The lowest BCUT2D eigenvalue weighted by molar-refractivity contribution is -0.382. The Bertz CT molecular complexity index is 1240. The third kappa shape index (κ3) is 5.13. The summed E-state index contributed by atoms with van der Waals surface area (Å²) in [5.41, 5.74) is -3.50. The number of carbonyl (C=O) groups is 3. The van der Waals surface area contributed by atoms with Crippen LogP contribution in [0, 0.1) is 15.9 Å². The van der Waals surface area contributed by atoms with Gasteiger partial charge in [-0.3, -0.25) is 19.7 Å². The highest BCUT2D eigenvalue weighted by molar-refractivity contribution is 5.99. The number of pyridine rings is 1. The number of fused-ring (bicyclic) bond motifs is 1. The quantitative estimate of drug-likeness (QED) is 0.214. The second-order valence-electron chi connectivity index (χ2n) is 8.06. The van der Waals surface area contributed by atoms with E-state index in [1.807, 2.05) is 0 Å². The Labute approximate surface area is 191 Å². The molecule has 1 aliphatic rings. The maximum atomic E-state index is 15.1. The van der Waals surface area contributed by atoms with Gasteiger partial charge in [0, 0.05) is 25.7 Å². The van der Waals surface area contributed by atoms with Crippen molar-refractivity contribution in [3.63, 3.8) is 0 Å². The number of amides is 1. The molecule has 1 saturated carbocycles. The van der Waals surface area contributed by atoms with E-state index in [1.165, 1.54) is 11.5 Å². The number of nitro groups is 1. The van der Waals surface area contributed by atoms with Crippen molar-refractivity contribution in [2.24, 2.45) is 0 Å². The monoisotopic (exact) mass is 478 g/mol. The molecule has 4 N–H and O–H groups in total. The average Bonchev–Trinajstić information content (AvgIpc) is 3.58. The predicted octanol–water partition coefficient (Wildman–Crippen LogP) is 2.25. The number of nitro benzene ring substituents is 1. The second-order valence-corrected chi connectivity index (χ2v) is 8.06. The molecule has 0 bridgehead atoms. The number of unbranched alkanes of at least 4 members (excludes halogenated alkanes) is 1. The SMILES string of the molecule is CC(=O)NCCCC[C@H](Nc1c(F)cc2c(=O)c(C(=O)O)cn(C3CC3)c2c1[N+](=O)[O-])C(=O)O. The number of nitrogens with one attached hydrogen (secondary N) is 2. The number of aromatic nitrogens is 1. The summed E-state index contributed by atoms with van der Waals surface area (Å²) in [4.78, 5) is 57.9. The standard InChI is InChI=1S/C21H23FN4O8/c1-10(27)23-7-3-2-4-15(21(31)32)24-16-14(22)8-12-17(18(16)26(33)34)25(11-5-6-11)9-13(19(12)28)20(29)30/h8-9,11,15,24H,2-7H2,1H3,(H,23,27)(H,29,30)(H,31,32)/t15-/m0/s1. The van der Waals surface area contributed by atoms with Crippen molar-refractivity contribution in [3.05, 3.63) is 44.0 Å². The molecule has 0 radical (unpaired) electrons. The third-order valence-electron chi connectivity index (χ3n) is 5.51. The number of carboxylic acid groups (broad SMARTS) is 2. The van der Waals surface area contributed by atoms with Crippen LogP contribution in [0.2, 0.25) is 0 Å². The zero-order valence-corrected chi connectivity index (χ0v) is 18.2. The van der Waals surface area contributed by atoms with Crippen molar-refractivity contribution in [3.8, 4) is 0 Å². The van der Waals surface area contributed by atoms with Crippen LogP contribution in [0.4, 0.5) is 15.8 Å². The fourth-order valence-electron chi connectivity index (χ4n) is 3.75. The molecular formula is C21H23FN4O8. The van der Waals surface area contributed by atoms with Crippen LogP contribution >= 0.6 is 0 Å². The third-order valence-corrected chi connectivity index (χ3v) is 5.51. The van der Waals surface area contributed by atoms with Gasteiger partial charge in [-0.1, -0.05) is 0 Å². The predicted molar refractivity (Wildman–Crippen MR) is 118 cm³/mol. The van der Waals surface area contributed by atoms with Crippen molar-refractivity contribution < 1.29 is 33.9 Å². The van der Waals surface area contributed by atoms with Crippen LogP contribution in [0.1, 0.15) is 55.4 Å². The fourth-order valence-corrected chi connectivity index (χ4v) is 3.75. The van der Waals surface area contributed by atoms with Crippen molar-refractivity contribution in [1.82, 2.24) is 9.88 Å². The van der Waals surface area contributed by atoms with Gasteiger partial charge >= 0.3 is 17.6 Å². The topological polar surface area (TPSA) is 181 Å². The molecule has 34 heavy (non-hydrogen) atoms. The number of hydrogen-bond acceptors (Lipinski definition) is 7. The molecule has 0 aliphatic heterocycles. The number of carbonyl (C=O) groups excluding carboxylic acids is 1. The smallest absolute Gasteiger partial charge is 0.341 e. The largest absolute Gasteiger partial charge is 0.480 e. The Balaban J connectivity index is 2.07. The summed E-state index contributed by atoms with van der Waals surface area (Å²) in [6, 6.07) is -0.988. The summed E-state index contributed by atoms with van der Waals surface area (Å²) in [5.74, 6) is -4.40. The molecule has 1 aliphatic carbocycles. The van der Waals surface area contributed by atoms with E-state index in [-0.39, 0.29) is 23.9 Å². The summed E-state index contributed by atoms with van der Waals surface area (Å²) < 4.78 is 16.3. The molecule has 0 unspecified atom stereocenters. The van der Waals surface area contributed by atoms with Crippen LogP contribution in [0.3, 0.4) is 0 Å². The van der Waals surface area contributed by atoms with Gasteiger partial charge in [-0.2, -0.15) is 0 Å². The summed E-state index contributed by atoms with van der Waals surface area (Å²) in [6.07, 6.45) is 2.92. The maximum absolute atomic E-state index is 15.1. The fraction of sp³-hybridized carbons (Fsp3) is 0.429. The molecule has 13 heteroatoms. The number of aliphatic carboxylic acids is 1. The van der Waals surface area contributed by atoms with Crippen molar-refractivity contribution >= 4 is 40.1 Å². The summed E-state index contributed by atoms with van der Waals surface area (Å²) in [6.45, 7) is 1.65. The Morgan fingerprint density at radius 3 is 2.50 bits per heavy atom. The van der Waals surface area contributed by atoms with E-state index in [1.54, 1.807) is 0 Å². The van der Waals surface area contributed by atoms with Crippen LogP contribution in [-0.2, 0) is 9.59 Å².